The van der Waals surface area contributed by atoms with Crippen LogP contribution in [0.25, 0.3) is 0 Å². The molecule has 1 fully saturated rings. The number of H-pyrrole nitrogens is 1. The van der Waals surface area contributed by atoms with Crippen LogP contribution >= 0.6 is 11.8 Å². The summed E-state index contributed by atoms with van der Waals surface area (Å²) in [6.45, 7) is 3.98. The van der Waals surface area contributed by atoms with Crippen LogP contribution in [0, 0.1) is 0 Å². The molecule has 0 aliphatic heterocycles. The molecule has 0 atom stereocenters. The van der Waals surface area contributed by atoms with Crippen LogP contribution in [0.4, 0.5) is 5.69 Å². The molecule has 0 saturated heterocycles. The Labute approximate surface area is 138 Å². The Morgan fingerprint density at radius 1 is 1.39 bits per heavy atom. The van der Waals surface area contributed by atoms with Crippen molar-refractivity contribution in [1.29, 1.82) is 0 Å². The lowest BCUT2D eigenvalue weighted by Gasteiger charge is -2.26. The maximum absolute atomic E-state index is 12.6. The van der Waals surface area contributed by atoms with Gasteiger partial charge < -0.3 is 4.90 Å². The molecule has 7 heteroatoms. The summed E-state index contributed by atoms with van der Waals surface area (Å²) in [5.41, 5.74) is 0.695. The molecule has 1 aromatic carbocycles. The summed E-state index contributed by atoms with van der Waals surface area (Å²) < 4.78 is 1.67. The zero-order valence-corrected chi connectivity index (χ0v) is 14.0. The highest BCUT2D eigenvalue weighted by Crippen LogP contribution is 2.36. The number of carbonyl (C=O) groups is 1. The third-order valence-corrected chi connectivity index (χ3v) is 4.67. The lowest BCUT2D eigenvalue weighted by atomic mass is 10.2. The van der Waals surface area contributed by atoms with Crippen LogP contribution in [0.5, 0.6) is 0 Å². The molecule has 1 saturated carbocycles. The first-order chi connectivity index (χ1) is 11.1. The van der Waals surface area contributed by atoms with Gasteiger partial charge in [-0.2, -0.15) is 0 Å². The van der Waals surface area contributed by atoms with Gasteiger partial charge in [-0.05, 0) is 38.8 Å². The SMILES string of the molecule is CC(C)N(C(=O)CSc1n[nH]c(=O)n1C1CC1)c1ccccc1. The third kappa shape index (κ3) is 3.50. The van der Waals surface area contributed by atoms with Gasteiger partial charge in [-0.15, -0.1) is 5.10 Å². The minimum atomic E-state index is -0.189. The topological polar surface area (TPSA) is 71.0 Å². The molecule has 1 aliphatic rings. The van der Waals surface area contributed by atoms with Gasteiger partial charge in [0.2, 0.25) is 5.91 Å². The lowest BCUT2D eigenvalue weighted by molar-refractivity contribution is -0.116. The first kappa shape index (κ1) is 15.9. The predicted octanol–water partition coefficient (Wildman–Crippen LogP) is 2.44. The Balaban J connectivity index is 1.72. The highest BCUT2D eigenvalue weighted by molar-refractivity contribution is 7.99. The maximum Gasteiger partial charge on any atom is 0.344 e. The fourth-order valence-corrected chi connectivity index (χ4v) is 3.43. The Morgan fingerprint density at radius 3 is 2.70 bits per heavy atom. The number of aromatic nitrogens is 3. The number of nitrogens with one attached hydrogen (secondary N) is 1. The molecule has 0 bridgehead atoms. The van der Waals surface area contributed by atoms with Crippen LogP contribution in [-0.4, -0.2) is 32.5 Å². The number of amides is 1. The molecule has 1 amide bonds. The van der Waals surface area contributed by atoms with Gasteiger partial charge in [0.15, 0.2) is 5.16 Å². The molecule has 1 aromatic heterocycles. The molecule has 23 heavy (non-hydrogen) atoms. The van der Waals surface area contributed by atoms with Crippen molar-refractivity contribution in [3.63, 3.8) is 0 Å². The smallest absolute Gasteiger partial charge is 0.309 e. The molecule has 1 aliphatic carbocycles. The summed E-state index contributed by atoms with van der Waals surface area (Å²) in [5.74, 6) is 0.262. The number of aromatic amines is 1. The van der Waals surface area contributed by atoms with Crippen molar-refractivity contribution in [2.24, 2.45) is 0 Å². The number of carbonyl (C=O) groups excluding carboxylic acids is 1. The normalized spacial score (nSPS) is 14.2. The van der Waals surface area contributed by atoms with Gasteiger partial charge in [-0.1, -0.05) is 30.0 Å². The molecule has 1 N–H and O–H groups in total. The number of benzene rings is 1. The molecule has 1 heterocycles. The summed E-state index contributed by atoms with van der Waals surface area (Å²) >= 11 is 1.31. The molecule has 0 spiro atoms. The second-order valence-corrected chi connectivity index (χ2v) is 6.84. The van der Waals surface area contributed by atoms with Crippen molar-refractivity contribution in [1.82, 2.24) is 14.8 Å². The van der Waals surface area contributed by atoms with Crippen molar-refractivity contribution in [3.05, 3.63) is 40.8 Å². The van der Waals surface area contributed by atoms with E-state index < -0.39 is 0 Å². The monoisotopic (exact) mass is 332 g/mol. The van der Waals surface area contributed by atoms with Gasteiger partial charge in [0.1, 0.15) is 0 Å². The Hall–Kier alpha value is -2.02. The second-order valence-electron chi connectivity index (χ2n) is 5.89. The van der Waals surface area contributed by atoms with Gasteiger partial charge >= 0.3 is 5.69 Å². The van der Waals surface area contributed by atoms with E-state index in [1.165, 1.54) is 11.8 Å². The molecule has 0 unspecified atom stereocenters. The fourth-order valence-electron chi connectivity index (χ4n) is 2.56. The standard InChI is InChI=1S/C16H20N4O2S/c1-11(2)19(12-6-4-3-5-7-12)14(21)10-23-16-18-17-15(22)20(16)13-8-9-13/h3-7,11,13H,8-10H2,1-2H3,(H,17,22). The van der Waals surface area contributed by atoms with E-state index in [0.717, 1.165) is 18.5 Å². The van der Waals surface area contributed by atoms with E-state index in [0.29, 0.717) is 5.16 Å². The molecule has 3 rings (SSSR count). The summed E-state index contributed by atoms with van der Waals surface area (Å²) in [7, 11) is 0. The van der Waals surface area contributed by atoms with Crippen LogP contribution in [-0.2, 0) is 4.79 Å². The van der Waals surface area contributed by atoms with Crippen molar-refractivity contribution in [2.75, 3.05) is 10.7 Å². The summed E-state index contributed by atoms with van der Waals surface area (Å²) in [6.07, 6.45) is 2.01. The van der Waals surface area contributed by atoms with Crippen LogP contribution in [0.2, 0.25) is 0 Å². The maximum atomic E-state index is 12.6. The van der Waals surface area contributed by atoms with Gasteiger partial charge in [0.25, 0.3) is 0 Å². The van der Waals surface area contributed by atoms with E-state index in [2.05, 4.69) is 10.2 Å². The average molecular weight is 332 g/mol. The van der Waals surface area contributed by atoms with Crippen LogP contribution in [0.15, 0.2) is 40.3 Å². The first-order valence-electron chi connectivity index (χ1n) is 7.74. The van der Waals surface area contributed by atoms with Crippen molar-refractivity contribution < 1.29 is 4.79 Å². The van der Waals surface area contributed by atoms with Gasteiger partial charge in [0, 0.05) is 17.8 Å². The Bertz CT molecular complexity index is 734. The zero-order valence-electron chi connectivity index (χ0n) is 13.2. The number of hydrogen-bond donors (Lipinski definition) is 1. The summed E-state index contributed by atoms with van der Waals surface area (Å²) in [5, 5.41) is 7.12. The second kappa shape index (κ2) is 6.62. The number of rotatable bonds is 6. The summed E-state index contributed by atoms with van der Waals surface area (Å²) in [6, 6.07) is 9.94. The van der Waals surface area contributed by atoms with Crippen molar-refractivity contribution >= 4 is 23.4 Å². The quantitative estimate of drug-likeness (QED) is 0.825. The highest BCUT2D eigenvalue weighted by Gasteiger charge is 2.29. The molecule has 6 nitrogen and oxygen atoms in total. The van der Waals surface area contributed by atoms with E-state index >= 15 is 0 Å². The number of anilines is 1. The zero-order chi connectivity index (χ0) is 16.4. The van der Waals surface area contributed by atoms with Crippen LogP contribution in [0.3, 0.4) is 0 Å². The molecule has 2 aromatic rings. The first-order valence-corrected chi connectivity index (χ1v) is 8.73. The molecular formula is C16H20N4O2S. The van der Waals surface area contributed by atoms with E-state index in [1.807, 2.05) is 44.2 Å². The van der Waals surface area contributed by atoms with Gasteiger partial charge in [-0.25, -0.2) is 9.89 Å². The number of para-hydroxylation sites is 1. The average Bonchev–Trinajstić information content (AvgIpc) is 3.29. The molecule has 0 radical (unpaired) electrons. The molecule has 122 valence electrons. The molecular weight excluding hydrogens is 312 g/mol. The highest BCUT2D eigenvalue weighted by atomic mass is 32.2. The third-order valence-electron chi connectivity index (χ3n) is 3.73. The number of nitrogens with zero attached hydrogens (tertiary/aromatic N) is 3. The minimum absolute atomic E-state index is 0.00833. The van der Waals surface area contributed by atoms with Gasteiger partial charge in [0.05, 0.1) is 5.75 Å². The Morgan fingerprint density at radius 2 is 2.09 bits per heavy atom. The van der Waals surface area contributed by atoms with Crippen molar-refractivity contribution in [2.45, 2.75) is 43.9 Å². The van der Waals surface area contributed by atoms with E-state index in [-0.39, 0.29) is 29.4 Å². The largest absolute Gasteiger partial charge is 0.344 e. The van der Waals surface area contributed by atoms with Crippen molar-refractivity contribution in [3.8, 4) is 0 Å². The lowest BCUT2D eigenvalue weighted by Crippen LogP contribution is -2.38. The Kier molecular flexibility index (Phi) is 4.56. The number of hydrogen-bond acceptors (Lipinski definition) is 4. The van der Waals surface area contributed by atoms with Gasteiger partial charge in [-0.3, -0.25) is 9.36 Å². The van der Waals surface area contributed by atoms with E-state index in [4.69, 9.17) is 0 Å². The van der Waals surface area contributed by atoms with Crippen LogP contribution in [0.1, 0.15) is 32.7 Å². The van der Waals surface area contributed by atoms with E-state index in [1.54, 1.807) is 9.47 Å². The van der Waals surface area contributed by atoms with Crippen LogP contribution < -0.4 is 10.6 Å². The predicted molar refractivity (Wildman–Crippen MR) is 90.9 cm³/mol. The fraction of sp³-hybridized carbons (Fsp3) is 0.438. The number of thioether (sulfide) groups is 1. The van der Waals surface area contributed by atoms with E-state index in [9.17, 15) is 9.59 Å². The summed E-state index contributed by atoms with van der Waals surface area (Å²) in [4.78, 5) is 26.2. The minimum Gasteiger partial charge on any atom is -0.309 e.